The van der Waals surface area contributed by atoms with Crippen LogP contribution in [0.2, 0.25) is 0 Å². The van der Waals surface area contributed by atoms with Gasteiger partial charge in [-0.2, -0.15) is 0 Å². The van der Waals surface area contributed by atoms with Gasteiger partial charge in [-0.25, -0.2) is 8.78 Å². The number of carbonyl (C=O) groups excluding carboxylic acids is 1. The van der Waals surface area contributed by atoms with Crippen LogP contribution in [0.25, 0.3) is 0 Å². The highest BCUT2D eigenvalue weighted by molar-refractivity contribution is 5.82. The summed E-state index contributed by atoms with van der Waals surface area (Å²) in [4.78, 5) is 13.1. The monoisotopic (exact) mass is 205 g/mol. The van der Waals surface area contributed by atoms with Crippen molar-refractivity contribution in [2.75, 3.05) is 20.2 Å². The first-order valence-electron chi connectivity index (χ1n) is 4.70. The Balaban J connectivity index is 2.24. The van der Waals surface area contributed by atoms with Crippen molar-refractivity contribution < 1.29 is 18.3 Å². The van der Waals surface area contributed by atoms with Crippen LogP contribution in [-0.4, -0.2) is 49.0 Å². The predicted octanol–water partition coefficient (Wildman–Crippen LogP) is 0.684. The Morgan fingerprint density at radius 1 is 1.36 bits per heavy atom. The second-order valence-corrected chi connectivity index (χ2v) is 4.03. The minimum Gasteiger partial charge on any atom is -0.468 e. The van der Waals surface area contributed by atoms with E-state index in [9.17, 15) is 13.6 Å². The van der Waals surface area contributed by atoms with Crippen molar-refractivity contribution in [2.45, 2.75) is 30.7 Å². The largest absolute Gasteiger partial charge is 0.468 e. The number of halogens is 2. The van der Waals surface area contributed by atoms with Gasteiger partial charge in [0.1, 0.15) is 17.9 Å². The van der Waals surface area contributed by atoms with E-state index in [1.54, 1.807) is 4.90 Å². The standard InChI is InChI=1S/C9H13F2NO2/c1-14-8(13)9-2-6(10)4-12(9)5-7(11)3-9/h6-7H,2-5H2,1H3/t6-,7?,9+/m0/s1. The summed E-state index contributed by atoms with van der Waals surface area (Å²) in [5, 5.41) is 0. The van der Waals surface area contributed by atoms with E-state index in [1.807, 2.05) is 0 Å². The summed E-state index contributed by atoms with van der Waals surface area (Å²) in [6.07, 6.45) is -1.94. The van der Waals surface area contributed by atoms with Crippen LogP contribution < -0.4 is 0 Å². The average molecular weight is 205 g/mol. The molecule has 0 radical (unpaired) electrons. The van der Waals surface area contributed by atoms with Gasteiger partial charge in [0, 0.05) is 25.9 Å². The van der Waals surface area contributed by atoms with Crippen LogP contribution in [0.3, 0.4) is 0 Å². The molecule has 0 aromatic rings. The molecule has 80 valence electrons. The SMILES string of the molecule is COC(=O)[C@@]12CC(F)CN1C[C@@H](F)C2. The minimum absolute atomic E-state index is 0.0695. The first-order valence-corrected chi connectivity index (χ1v) is 4.70. The molecule has 0 N–H and O–H groups in total. The van der Waals surface area contributed by atoms with Gasteiger partial charge in [-0.1, -0.05) is 0 Å². The lowest BCUT2D eigenvalue weighted by atomic mass is 9.93. The molecule has 1 unspecified atom stereocenters. The van der Waals surface area contributed by atoms with Crippen molar-refractivity contribution in [1.29, 1.82) is 0 Å². The Morgan fingerprint density at radius 3 is 2.29 bits per heavy atom. The van der Waals surface area contributed by atoms with Gasteiger partial charge in [0.2, 0.25) is 0 Å². The molecule has 3 nitrogen and oxygen atoms in total. The van der Waals surface area contributed by atoms with E-state index in [0.29, 0.717) is 0 Å². The molecule has 0 amide bonds. The molecule has 0 aromatic carbocycles. The number of hydrogen-bond acceptors (Lipinski definition) is 3. The number of methoxy groups -OCH3 is 1. The van der Waals surface area contributed by atoms with E-state index < -0.39 is 23.9 Å². The summed E-state index contributed by atoms with van der Waals surface area (Å²) >= 11 is 0. The molecule has 2 aliphatic heterocycles. The van der Waals surface area contributed by atoms with Crippen LogP contribution >= 0.6 is 0 Å². The Labute approximate surface area is 81.0 Å². The van der Waals surface area contributed by atoms with Crippen LogP contribution in [0.1, 0.15) is 12.8 Å². The smallest absolute Gasteiger partial charge is 0.326 e. The van der Waals surface area contributed by atoms with Crippen LogP contribution in [-0.2, 0) is 9.53 Å². The fourth-order valence-electron chi connectivity index (χ4n) is 2.59. The summed E-state index contributed by atoms with van der Waals surface area (Å²) in [5.41, 5.74) is -1.02. The van der Waals surface area contributed by atoms with Crippen molar-refractivity contribution >= 4 is 5.97 Å². The third-order valence-electron chi connectivity index (χ3n) is 3.13. The number of rotatable bonds is 1. The maximum absolute atomic E-state index is 13.1. The quantitative estimate of drug-likeness (QED) is 0.590. The fraction of sp³-hybridized carbons (Fsp3) is 0.889. The number of ether oxygens (including phenoxy) is 1. The third-order valence-corrected chi connectivity index (χ3v) is 3.13. The summed E-state index contributed by atoms with van der Waals surface area (Å²) in [6.45, 7) is 0.297. The lowest BCUT2D eigenvalue weighted by Crippen LogP contribution is -2.46. The molecule has 2 heterocycles. The predicted molar refractivity (Wildman–Crippen MR) is 45.3 cm³/mol. The Kier molecular flexibility index (Phi) is 2.21. The summed E-state index contributed by atoms with van der Waals surface area (Å²) in [5.74, 6) is -0.502. The Morgan fingerprint density at radius 2 is 1.86 bits per heavy atom. The van der Waals surface area contributed by atoms with Crippen molar-refractivity contribution in [1.82, 2.24) is 4.90 Å². The molecule has 14 heavy (non-hydrogen) atoms. The second-order valence-electron chi connectivity index (χ2n) is 4.03. The molecule has 3 atom stereocenters. The van der Waals surface area contributed by atoms with Crippen LogP contribution in [0, 0.1) is 0 Å². The van der Waals surface area contributed by atoms with Crippen molar-refractivity contribution in [2.24, 2.45) is 0 Å². The van der Waals surface area contributed by atoms with E-state index in [4.69, 9.17) is 0 Å². The van der Waals surface area contributed by atoms with Gasteiger partial charge < -0.3 is 4.74 Å². The molecular weight excluding hydrogens is 192 g/mol. The van der Waals surface area contributed by atoms with E-state index in [1.165, 1.54) is 7.11 Å². The number of hydrogen-bond donors (Lipinski definition) is 0. The Bertz CT molecular complexity index is 245. The lowest BCUT2D eigenvalue weighted by Gasteiger charge is -2.27. The normalized spacial score (nSPS) is 42.5. The van der Waals surface area contributed by atoms with Gasteiger partial charge in [0.25, 0.3) is 0 Å². The molecule has 0 aromatic heterocycles. The maximum Gasteiger partial charge on any atom is 0.326 e. The Hall–Kier alpha value is -0.710. The van der Waals surface area contributed by atoms with Crippen LogP contribution in [0.5, 0.6) is 0 Å². The second kappa shape index (κ2) is 3.15. The minimum atomic E-state index is -1.04. The van der Waals surface area contributed by atoms with Gasteiger partial charge in [-0.05, 0) is 0 Å². The van der Waals surface area contributed by atoms with Gasteiger partial charge in [-0.15, -0.1) is 0 Å². The van der Waals surface area contributed by atoms with E-state index in [2.05, 4.69) is 4.74 Å². The van der Waals surface area contributed by atoms with Crippen LogP contribution in [0.15, 0.2) is 0 Å². The number of esters is 1. The van der Waals surface area contributed by atoms with Gasteiger partial charge in [0.05, 0.1) is 7.11 Å². The van der Waals surface area contributed by atoms with Gasteiger partial charge in [0.15, 0.2) is 0 Å². The number of alkyl halides is 2. The first-order chi connectivity index (χ1) is 6.58. The van der Waals surface area contributed by atoms with Crippen LogP contribution in [0.4, 0.5) is 8.78 Å². The van der Waals surface area contributed by atoms with Crippen molar-refractivity contribution in [3.05, 3.63) is 0 Å². The van der Waals surface area contributed by atoms with E-state index >= 15 is 0 Å². The average Bonchev–Trinajstić information content (AvgIpc) is 2.55. The highest BCUT2D eigenvalue weighted by Crippen LogP contribution is 2.41. The molecule has 2 fully saturated rings. The molecule has 2 aliphatic rings. The highest BCUT2D eigenvalue weighted by atomic mass is 19.1. The molecule has 2 rings (SSSR count). The summed E-state index contributed by atoms with van der Waals surface area (Å²) < 4.78 is 30.9. The molecular formula is C9H13F2NO2. The molecule has 5 heteroatoms. The topological polar surface area (TPSA) is 29.5 Å². The molecule has 0 bridgehead atoms. The summed E-state index contributed by atoms with van der Waals surface area (Å²) in [7, 11) is 1.26. The number of carbonyl (C=O) groups is 1. The highest BCUT2D eigenvalue weighted by Gasteiger charge is 2.58. The van der Waals surface area contributed by atoms with Gasteiger partial charge >= 0.3 is 5.97 Å². The summed E-state index contributed by atoms with van der Waals surface area (Å²) in [6, 6.07) is 0. The molecule has 0 aliphatic carbocycles. The lowest BCUT2D eigenvalue weighted by molar-refractivity contribution is -0.151. The number of fused-ring (bicyclic) bond motifs is 1. The zero-order chi connectivity index (χ0) is 10.3. The third kappa shape index (κ3) is 1.22. The van der Waals surface area contributed by atoms with Gasteiger partial charge in [-0.3, -0.25) is 9.69 Å². The zero-order valence-corrected chi connectivity index (χ0v) is 8.00. The van der Waals surface area contributed by atoms with E-state index in [-0.39, 0.29) is 25.9 Å². The van der Waals surface area contributed by atoms with Crippen molar-refractivity contribution in [3.8, 4) is 0 Å². The fourth-order valence-corrected chi connectivity index (χ4v) is 2.59. The first kappa shape index (κ1) is 9.83. The maximum atomic E-state index is 13.1. The molecule has 0 saturated carbocycles. The molecule has 2 saturated heterocycles. The molecule has 0 spiro atoms. The van der Waals surface area contributed by atoms with E-state index in [0.717, 1.165) is 0 Å². The number of nitrogens with zero attached hydrogens (tertiary/aromatic N) is 1. The van der Waals surface area contributed by atoms with Crippen molar-refractivity contribution in [3.63, 3.8) is 0 Å². The zero-order valence-electron chi connectivity index (χ0n) is 8.00.